The molecule has 1 fully saturated rings. The van der Waals surface area contributed by atoms with Crippen molar-refractivity contribution in [1.82, 2.24) is 5.32 Å². The zero-order valence-corrected chi connectivity index (χ0v) is 20.9. The van der Waals surface area contributed by atoms with Crippen LogP contribution in [-0.2, 0) is 4.79 Å². The van der Waals surface area contributed by atoms with Crippen LogP contribution in [0.25, 0.3) is 0 Å². The van der Waals surface area contributed by atoms with Crippen molar-refractivity contribution in [3.8, 4) is 0 Å². The van der Waals surface area contributed by atoms with Crippen LogP contribution in [0.1, 0.15) is 85.1 Å². The molecule has 1 aromatic rings. The molecule has 0 unspecified atom stereocenters. The number of ketones is 1. The summed E-state index contributed by atoms with van der Waals surface area (Å²) in [7, 11) is 0. The van der Waals surface area contributed by atoms with Gasteiger partial charge in [-0.3, -0.25) is 4.79 Å². The molecule has 1 aliphatic carbocycles. The number of hydrogen-bond donors (Lipinski definition) is 2. The van der Waals surface area contributed by atoms with Crippen molar-refractivity contribution in [2.45, 2.75) is 79.6 Å². The molecule has 4 atom stereocenters. The number of benzene rings is 1. The van der Waals surface area contributed by atoms with E-state index in [9.17, 15) is 4.79 Å². The molecule has 0 amide bonds. The lowest BCUT2D eigenvalue weighted by molar-refractivity contribution is -0.115. The zero-order valence-electron chi connectivity index (χ0n) is 20.9. The minimum atomic E-state index is -0.113. The normalized spacial score (nSPS) is 26.3. The van der Waals surface area contributed by atoms with E-state index < -0.39 is 0 Å². The van der Waals surface area contributed by atoms with Gasteiger partial charge in [0.25, 0.3) is 0 Å². The third-order valence-electron chi connectivity index (χ3n) is 7.68. The monoisotopic (exact) mass is 434 g/mol. The van der Waals surface area contributed by atoms with Gasteiger partial charge in [0.05, 0.1) is 0 Å². The number of anilines is 1. The molecule has 1 saturated carbocycles. The largest absolute Gasteiger partial charge is 0.399 e. The Kier molecular flexibility index (Phi) is 7.69. The number of nitrogens with two attached hydrogens (primary N) is 1. The number of dihydropyridines is 1. The number of allylic oxidation sites excluding steroid dienone is 5. The lowest BCUT2D eigenvalue weighted by Gasteiger charge is -2.39. The van der Waals surface area contributed by atoms with E-state index in [2.05, 4.69) is 45.7 Å². The molecule has 3 nitrogen and oxygen atoms in total. The quantitative estimate of drug-likeness (QED) is 0.448. The molecule has 0 spiro atoms. The zero-order chi connectivity index (χ0) is 23.6. The summed E-state index contributed by atoms with van der Waals surface area (Å²) in [5.74, 6) is 2.91. The predicted octanol–water partition coefficient (Wildman–Crippen LogP) is 7.14. The summed E-state index contributed by atoms with van der Waals surface area (Å²) in [6.07, 6.45) is 5.39. The fraction of sp³-hybridized carbons (Fsp3) is 0.552. The van der Waals surface area contributed by atoms with Crippen molar-refractivity contribution in [3.05, 3.63) is 64.5 Å². The molecule has 3 heteroatoms. The van der Waals surface area contributed by atoms with E-state index in [-0.39, 0.29) is 11.7 Å². The lowest BCUT2D eigenvalue weighted by Crippen LogP contribution is -2.31. The summed E-state index contributed by atoms with van der Waals surface area (Å²) in [6.45, 7) is 17.8. The fourth-order valence-corrected chi connectivity index (χ4v) is 6.16. The molecule has 1 heterocycles. The smallest absolute Gasteiger partial charge is 0.161 e. The summed E-state index contributed by atoms with van der Waals surface area (Å²) in [6, 6.07) is 8.02. The van der Waals surface area contributed by atoms with Crippen molar-refractivity contribution < 1.29 is 4.79 Å². The Morgan fingerprint density at radius 3 is 2.50 bits per heavy atom. The minimum Gasteiger partial charge on any atom is -0.399 e. The first-order chi connectivity index (χ1) is 15.1. The molecule has 1 aromatic carbocycles. The van der Waals surface area contributed by atoms with Crippen molar-refractivity contribution in [1.29, 1.82) is 0 Å². The van der Waals surface area contributed by atoms with Crippen LogP contribution >= 0.6 is 0 Å². The van der Waals surface area contributed by atoms with E-state index in [4.69, 9.17) is 5.73 Å². The van der Waals surface area contributed by atoms with E-state index in [0.29, 0.717) is 18.3 Å². The average Bonchev–Trinajstić information content (AvgIpc) is 2.72. The topological polar surface area (TPSA) is 55.1 Å². The highest BCUT2D eigenvalue weighted by Gasteiger charge is 2.36. The van der Waals surface area contributed by atoms with Crippen LogP contribution in [0.3, 0.4) is 0 Å². The molecule has 174 valence electrons. The van der Waals surface area contributed by atoms with Crippen LogP contribution < -0.4 is 11.1 Å². The van der Waals surface area contributed by atoms with Crippen LogP contribution in [0.5, 0.6) is 0 Å². The second-order valence-corrected chi connectivity index (χ2v) is 10.5. The third-order valence-corrected chi connectivity index (χ3v) is 7.68. The third kappa shape index (κ3) is 5.03. The van der Waals surface area contributed by atoms with Crippen molar-refractivity contribution >= 4 is 11.5 Å². The van der Waals surface area contributed by atoms with Crippen LogP contribution in [0.4, 0.5) is 5.69 Å². The Balaban J connectivity index is 2.02. The van der Waals surface area contributed by atoms with Gasteiger partial charge in [0.15, 0.2) is 5.78 Å². The fourth-order valence-electron chi connectivity index (χ4n) is 6.16. The summed E-state index contributed by atoms with van der Waals surface area (Å²) < 4.78 is 0. The van der Waals surface area contributed by atoms with Gasteiger partial charge >= 0.3 is 0 Å². The SMILES string of the molecule is C=C(C[C@@H]1C[C@H](C)CC[C@H]1C(C)C)C1=C(C)NC(C)=C(C(=O)CC)[C@@H]1c1cccc(N)c1. The highest BCUT2D eigenvalue weighted by molar-refractivity contribution is 5.98. The summed E-state index contributed by atoms with van der Waals surface area (Å²) in [5, 5.41) is 3.52. The minimum absolute atomic E-state index is 0.113. The Morgan fingerprint density at radius 1 is 1.19 bits per heavy atom. The number of nitrogens with one attached hydrogen (secondary N) is 1. The molecule has 3 N–H and O–H groups in total. The van der Waals surface area contributed by atoms with Gasteiger partial charge in [0.2, 0.25) is 0 Å². The van der Waals surface area contributed by atoms with E-state index in [1.807, 2.05) is 32.0 Å². The molecular formula is C29H42N2O. The number of hydrogen-bond acceptors (Lipinski definition) is 3. The molecule has 2 aliphatic rings. The standard InChI is InChI=1S/C29H42N2O/c1-8-26(32)28-21(7)31-20(6)27(29(28)22-10-9-11-24(30)16-22)19(5)15-23-14-18(4)12-13-25(23)17(2)3/h9-11,16-18,23,25,29,31H,5,8,12-15,30H2,1-4,6-7H3/t18-,23+,25+,29-/m1/s1. The molecule has 0 radical (unpaired) electrons. The average molecular weight is 435 g/mol. The number of nitrogen functional groups attached to an aromatic ring is 1. The van der Waals surface area contributed by atoms with Gasteiger partial charge in [-0.15, -0.1) is 0 Å². The number of rotatable bonds is 7. The van der Waals surface area contributed by atoms with Crippen LogP contribution in [0.2, 0.25) is 0 Å². The summed E-state index contributed by atoms with van der Waals surface area (Å²) >= 11 is 0. The van der Waals surface area contributed by atoms with Crippen molar-refractivity contribution in [3.63, 3.8) is 0 Å². The molecular weight excluding hydrogens is 392 g/mol. The molecule has 1 aliphatic heterocycles. The van der Waals surface area contributed by atoms with Gasteiger partial charge in [0.1, 0.15) is 0 Å². The van der Waals surface area contributed by atoms with Gasteiger partial charge in [-0.2, -0.15) is 0 Å². The highest BCUT2D eigenvalue weighted by atomic mass is 16.1. The molecule has 32 heavy (non-hydrogen) atoms. The highest BCUT2D eigenvalue weighted by Crippen LogP contribution is 2.47. The summed E-state index contributed by atoms with van der Waals surface area (Å²) in [4.78, 5) is 13.1. The summed E-state index contributed by atoms with van der Waals surface area (Å²) in [5.41, 5.74) is 13.2. The van der Waals surface area contributed by atoms with Crippen LogP contribution in [0, 0.1) is 23.7 Å². The number of Topliss-reactive ketones (excluding diaryl/α,β-unsaturated/α-hetero) is 1. The number of carbonyl (C=O) groups is 1. The molecule has 0 bridgehead atoms. The first kappa shape index (κ1) is 24.4. The molecule has 0 saturated heterocycles. The maximum absolute atomic E-state index is 13.1. The first-order valence-corrected chi connectivity index (χ1v) is 12.4. The second-order valence-electron chi connectivity index (χ2n) is 10.5. The first-order valence-electron chi connectivity index (χ1n) is 12.4. The van der Waals surface area contributed by atoms with Gasteiger partial charge in [-0.25, -0.2) is 0 Å². The Hall–Kier alpha value is -2.29. The molecule has 3 rings (SSSR count). The van der Waals surface area contributed by atoms with Crippen molar-refractivity contribution in [2.75, 3.05) is 5.73 Å². The van der Waals surface area contributed by atoms with Gasteiger partial charge in [0, 0.05) is 35.0 Å². The van der Waals surface area contributed by atoms with Gasteiger partial charge in [-0.1, -0.05) is 52.8 Å². The second kappa shape index (κ2) is 10.1. The number of carbonyl (C=O) groups excluding carboxylic acids is 1. The van der Waals surface area contributed by atoms with E-state index in [1.165, 1.54) is 30.4 Å². The molecule has 0 aromatic heterocycles. The predicted molar refractivity (Wildman–Crippen MR) is 136 cm³/mol. The maximum Gasteiger partial charge on any atom is 0.161 e. The van der Waals surface area contributed by atoms with Crippen LogP contribution in [-0.4, -0.2) is 5.78 Å². The Morgan fingerprint density at radius 2 is 1.88 bits per heavy atom. The lowest BCUT2D eigenvalue weighted by atomic mass is 9.66. The van der Waals surface area contributed by atoms with Gasteiger partial charge < -0.3 is 11.1 Å². The Bertz CT molecular complexity index is 936. The van der Waals surface area contributed by atoms with Gasteiger partial charge in [-0.05, 0) is 85.6 Å². The maximum atomic E-state index is 13.1. The van der Waals surface area contributed by atoms with E-state index >= 15 is 0 Å². The van der Waals surface area contributed by atoms with E-state index in [1.54, 1.807) is 0 Å². The van der Waals surface area contributed by atoms with Crippen LogP contribution in [0.15, 0.2) is 59.0 Å². The van der Waals surface area contributed by atoms with E-state index in [0.717, 1.165) is 46.5 Å². The van der Waals surface area contributed by atoms with Crippen molar-refractivity contribution in [2.24, 2.45) is 23.7 Å². The Labute approximate surface area is 195 Å².